The minimum atomic E-state index is 0. The van der Waals surface area contributed by atoms with Crippen molar-refractivity contribution in [2.24, 2.45) is 4.99 Å². The van der Waals surface area contributed by atoms with Crippen LogP contribution in [0.5, 0.6) is 0 Å². The summed E-state index contributed by atoms with van der Waals surface area (Å²) in [5, 5.41) is 6.45. The summed E-state index contributed by atoms with van der Waals surface area (Å²) in [6, 6.07) is 3.94. The number of nitrogens with one attached hydrogen (secondary N) is 2. The maximum Gasteiger partial charge on any atom is 0.214 e. The molecule has 3 aromatic rings. The van der Waals surface area contributed by atoms with E-state index in [4.69, 9.17) is 4.42 Å². The molecule has 0 aliphatic carbocycles. The lowest BCUT2D eigenvalue weighted by Crippen LogP contribution is -2.36. The zero-order chi connectivity index (χ0) is 17.8. The number of guanidine groups is 1. The Kier molecular flexibility index (Phi) is 7.44. The summed E-state index contributed by atoms with van der Waals surface area (Å²) in [6.45, 7) is 7.61. The summed E-state index contributed by atoms with van der Waals surface area (Å²) in [4.78, 5) is 13.5. The van der Waals surface area contributed by atoms with Crippen molar-refractivity contribution >= 4 is 51.5 Å². The first-order valence-electron chi connectivity index (χ1n) is 8.13. The molecule has 0 aliphatic heterocycles. The van der Waals surface area contributed by atoms with Gasteiger partial charge >= 0.3 is 0 Å². The number of rotatable bonds is 5. The van der Waals surface area contributed by atoms with Gasteiger partial charge in [0.05, 0.1) is 24.5 Å². The van der Waals surface area contributed by atoms with Crippen molar-refractivity contribution in [2.75, 3.05) is 6.54 Å². The van der Waals surface area contributed by atoms with E-state index >= 15 is 0 Å². The van der Waals surface area contributed by atoms with Gasteiger partial charge in [-0.25, -0.2) is 15.0 Å². The second-order valence-corrected chi connectivity index (χ2v) is 6.56. The number of hydrogen-bond acceptors (Lipinski definition) is 4. The van der Waals surface area contributed by atoms with Gasteiger partial charge in [0.1, 0.15) is 11.4 Å². The highest BCUT2D eigenvalue weighted by molar-refractivity contribution is 14.0. The first kappa shape index (κ1) is 20.7. The molecule has 0 unspecified atom stereocenters. The van der Waals surface area contributed by atoms with Gasteiger partial charge in [0, 0.05) is 23.4 Å². The molecule has 0 bridgehead atoms. The van der Waals surface area contributed by atoms with Crippen molar-refractivity contribution in [3.63, 3.8) is 0 Å². The summed E-state index contributed by atoms with van der Waals surface area (Å²) in [5.74, 6) is 2.20. The molecule has 140 valence electrons. The molecule has 0 atom stereocenters. The molecule has 3 heterocycles. The molecule has 0 aliphatic rings. The molecule has 3 aromatic heterocycles. The third-order valence-corrected chi connectivity index (χ3v) is 4.16. The summed E-state index contributed by atoms with van der Waals surface area (Å²) < 4.78 is 8.57. The molecular formula is C17H22BrIN6O. The summed E-state index contributed by atoms with van der Waals surface area (Å²) in [7, 11) is 0. The number of aliphatic imine (C=N–C) groups is 1. The molecule has 0 radical (unpaired) electrons. The van der Waals surface area contributed by atoms with Crippen molar-refractivity contribution in [3.05, 3.63) is 52.0 Å². The van der Waals surface area contributed by atoms with E-state index in [9.17, 15) is 0 Å². The lowest BCUT2D eigenvalue weighted by molar-refractivity contribution is 0.463. The number of hydrogen-bond donors (Lipinski definition) is 2. The SMILES string of the molecule is CCNC(=NCc1cn2cc(Br)ccc2n1)NCc1nc(C)c(C)o1.I. The van der Waals surface area contributed by atoms with Gasteiger partial charge in [-0.1, -0.05) is 0 Å². The Balaban J connectivity index is 0.00000243. The Bertz CT molecular complexity index is 884. The average molecular weight is 533 g/mol. The van der Waals surface area contributed by atoms with Crippen LogP contribution in [0.15, 0.2) is 38.4 Å². The van der Waals surface area contributed by atoms with E-state index in [0.717, 1.165) is 33.8 Å². The number of fused-ring (bicyclic) bond motifs is 1. The molecule has 3 rings (SSSR count). The summed E-state index contributed by atoms with van der Waals surface area (Å²) in [6.07, 6.45) is 3.96. The lowest BCUT2D eigenvalue weighted by atomic mass is 10.4. The third-order valence-electron chi connectivity index (χ3n) is 3.69. The van der Waals surface area contributed by atoms with E-state index in [1.54, 1.807) is 0 Å². The number of oxazole rings is 1. The molecule has 9 heteroatoms. The Morgan fingerprint density at radius 2 is 2.04 bits per heavy atom. The van der Waals surface area contributed by atoms with E-state index in [1.165, 1.54) is 0 Å². The van der Waals surface area contributed by atoms with Gasteiger partial charge in [-0.3, -0.25) is 0 Å². The fourth-order valence-corrected chi connectivity index (χ4v) is 2.72. The zero-order valence-electron chi connectivity index (χ0n) is 14.9. The average Bonchev–Trinajstić information content (AvgIpc) is 3.12. The summed E-state index contributed by atoms with van der Waals surface area (Å²) in [5.41, 5.74) is 2.71. The van der Waals surface area contributed by atoms with Crippen LogP contribution in [0.4, 0.5) is 0 Å². The van der Waals surface area contributed by atoms with Gasteiger partial charge in [0.15, 0.2) is 5.96 Å². The van der Waals surface area contributed by atoms with Gasteiger partial charge in [-0.05, 0) is 48.8 Å². The largest absolute Gasteiger partial charge is 0.444 e. The van der Waals surface area contributed by atoms with E-state index in [1.807, 2.05) is 49.7 Å². The smallest absolute Gasteiger partial charge is 0.214 e. The van der Waals surface area contributed by atoms with Crippen molar-refractivity contribution in [1.29, 1.82) is 0 Å². The number of halogens is 2. The fraction of sp³-hybridized carbons (Fsp3) is 0.353. The zero-order valence-corrected chi connectivity index (χ0v) is 18.8. The van der Waals surface area contributed by atoms with E-state index in [2.05, 4.69) is 41.5 Å². The lowest BCUT2D eigenvalue weighted by Gasteiger charge is -2.09. The van der Waals surface area contributed by atoms with Gasteiger partial charge in [0.2, 0.25) is 5.89 Å². The number of nitrogens with zero attached hydrogens (tertiary/aromatic N) is 4. The van der Waals surface area contributed by atoms with Crippen molar-refractivity contribution in [3.8, 4) is 0 Å². The van der Waals surface area contributed by atoms with Crippen LogP contribution in [0.3, 0.4) is 0 Å². The second kappa shape index (κ2) is 9.36. The van der Waals surface area contributed by atoms with Crippen LogP contribution in [0, 0.1) is 13.8 Å². The normalized spacial score (nSPS) is 11.5. The van der Waals surface area contributed by atoms with Gasteiger partial charge in [-0.2, -0.15) is 0 Å². The highest BCUT2D eigenvalue weighted by atomic mass is 127. The first-order valence-corrected chi connectivity index (χ1v) is 8.92. The van der Waals surface area contributed by atoms with Crippen LogP contribution in [-0.2, 0) is 13.1 Å². The monoisotopic (exact) mass is 532 g/mol. The minimum absolute atomic E-state index is 0. The van der Waals surface area contributed by atoms with Crippen molar-refractivity contribution in [2.45, 2.75) is 33.9 Å². The molecule has 0 amide bonds. The molecule has 7 nitrogen and oxygen atoms in total. The Morgan fingerprint density at radius 1 is 1.23 bits per heavy atom. The summed E-state index contributed by atoms with van der Waals surface area (Å²) >= 11 is 3.46. The molecule has 0 saturated carbocycles. The third kappa shape index (κ3) is 5.19. The van der Waals surface area contributed by atoms with Crippen LogP contribution in [-0.4, -0.2) is 26.9 Å². The molecule has 0 spiro atoms. The topological polar surface area (TPSA) is 79.8 Å². The number of pyridine rings is 1. The van der Waals surface area contributed by atoms with Gasteiger partial charge < -0.3 is 19.5 Å². The number of aromatic nitrogens is 3. The number of imidazole rings is 1. The first-order chi connectivity index (χ1) is 12.0. The maximum absolute atomic E-state index is 5.58. The van der Waals surface area contributed by atoms with E-state index in [0.29, 0.717) is 24.9 Å². The second-order valence-electron chi connectivity index (χ2n) is 5.64. The van der Waals surface area contributed by atoms with Gasteiger partial charge in [0.25, 0.3) is 0 Å². The highest BCUT2D eigenvalue weighted by Crippen LogP contribution is 2.13. The predicted octanol–water partition coefficient (Wildman–Crippen LogP) is 3.57. The highest BCUT2D eigenvalue weighted by Gasteiger charge is 2.07. The molecule has 0 aromatic carbocycles. The Morgan fingerprint density at radius 3 is 2.73 bits per heavy atom. The van der Waals surface area contributed by atoms with Crippen LogP contribution < -0.4 is 10.6 Å². The van der Waals surface area contributed by atoms with Crippen molar-refractivity contribution in [1.82, 2.24) is 25.0 Å². The van der Waals surface area contributed by atoms with Crippen molar-refractivity contribution < 1.29 is 4.42 Å². The molecule has 0 fully saturated rings. The van der Waals surface area contributed by atoms with Gasteiger partial charge in [-0.15, -0.1) is 24.0 Å². The molecule has 0 saturated heterocycles. The predicted molar refractivity (Wildman–Crippen MR) is 116 cm³/mol. The van der Waals surface area contributed by atoms with Crippen LogP contribution >= 0.6 is 39.9 Å². The Hall–Kier alpha value is -1.62. The standard InChI is InChI=1S/C17H21BrN6O.HI/c1-4-19-17(21-8-16-22-11(2)12(3)25-16)20-7-14-10-24-9-13(18)5-6-15(24)23-14;/h5-6,9-10H,4,7-8H2,1-3H3,(H2,19,20,21);1H. The van der Waals surface area contributed by atoms with E-state index < -0.39 is 0 Å². The minimum Gasteiger partial charge on any atom is -0.444 e. The maximum atomic E-state index is 5.58. The molecular weight excluding hydrogens is 511 g/mol. The Labute approximate surface area is 177 Å². The molecule has 26 heavy (non-hydrogen) atoms. The van der Waals surface area contributed by atoms with Crippen LogP contribution in [0.1, 0.15) is 30.0 Å². The molecule has 2 N–H and O–H groups in total. The van der Waals surface area contributed by atoms with Crippen LogP contribution in [0.25, 0.3) is 5.65 Å². The number of aryl methyl sites for hydroxylation is 2. The quantitative estimate of drug-likeness (QED) is 0.298. The van der Waals surface area contributed by atoms with E-state index in [-0.39, 0.29) is 24.0 Å². The fourth-order valence-electron chi connectivity index (χ4n) is 2.37. The van der Waals surface area contributed by atoms with Crippen LogP contribution in [0.2, 0.25) is 0 Å².